The molecular weight excluding hydrogens is 206 g/mol. The highest BCUT2D eigenvalue weighted by molar-refractivity contribution is 5.69. The molecule has 0 N–H and O–H groups in total. The Morgan fingerprint density at radius 1 is 1.56 bits per heavy atom. The van der Waals surface area contributed by atoms with E-state index in [1.165, 1.54) is 5.57 Å². The van der Waals surface area contributed by atoms with Crippen molar-refractivity contribution in [1.29, 1.82) is 0 Å². The van der Waals surface area contributed by atoms with Gasteiger partial charge in [-0.1, -0.05) is 6.08 Å². The van der Waals surface area contributed by atoms with Crippen LogP contribution in [0.1, 0.15) is 27.2 Å². The van der Waals surface area contributed by atoms with E-state index < -0.39 is 5.60 Å². The molecule has 16 heavy (non-hydrogen) atoms. The lowest BCUT2D eigenvalue weighted by Crippen LogP contribution is -2.36. The van der Waals surface area contributed by atoms with Crippen molar-refractivity contribution in [2.45, 2.75) is 38.9 Å². The Balaban J connectivity index is 1.96. The van der Waals surface area contributed by atoms with Crippen LogP contribution in [0, 0.1) is 0 Å². The fourth-order valence-electron chi connectivity index (χ4n) is 1.98. The third-order valence-corrected chi connectivity index (χ3v) is 2.67. The van der Waals surface area contributed by atoms with Gasteiger partial charge in [-0.3, -0.25) is 0 Å². The lowest BCUT2D eigenvalue weighted by atomic mass is 10.1. The molecule has 2 rings (SSSR count). The third-order valence-electron chi connectivity index (χ3n) is 2.67. The van der Waals surface area contributed by atoms with Gasteiger partial charge < -0.3 is 14.4 Å². The monoisotopic (exact) mass is 225 g/mol. The standard InChI is InChI=1S/C12H19NO3/c1-12(2,3)16-11(14)13-7-9-5-4-6-15-10(9)8-13/h5,10H,4,6-8H2,1-3H3. The maximum atomic E-state index is 11.8. The summed E-state index contributed by atoms with van der Waals surface area (Å²) in [6, 6.07) is 0. The first-order chi connectivity index (χ1) is 7.46. The van der Waals surface area contributed by atoms with Gasteiger partial charge in [0.25, 0.3) is 0 Å². The molecule has 0 aliphatic carbocycles. The van der Waals surface area contributed by atoms with E-state index in [-0.39, 0.29) is 12.2 Å². The van der Waals surface area contributed by atoms with E-state index in [9.17, 15) is 4.79 Å². The van der Waals surface area contributed by atoms with E-state index >= 15 is 0 Å². The van der Waals surface area contributed by atoms with Gasteiger partial charge in [-0.15, -0.1) is 0 Å². The summed E-state index contributed by atoms with van der Waals surface area (Å²) in [7, 11) is 0. The summed E-state index contributed by atoms with van der Waals surface area (Å²) >= 11 is 0. The second-order valence-electron chi connectivity index (χ2n) is 5.29. The van der Waals surface area contributed by atoms with Crippen molar-refractivity contribution in [3.8, 4) is 0 Å². The molecule has 90 valence electrons. The Bertz CT molecular complexity index is 317. The molecule has 1 saturated heterocycles. The minimum absolute atomic E-state index is 0.0984. The Kier molecular flexibility index (Phi) is 2.93. The molecule has 0 aromatic heterocycles. The summed E-state index contributed by atoms with van der Waals surface area (Å²) < 4.78 is 10.9. The molecule has 2 aliphatic heterocycles. The van der Waals surface area contributed by atoms with Crippen molar-refractivity contribution in [1.82, 2.24) is 4.90 Å². The number of carbonyl (C=O) groups is 1. The summed E-state index contributed by atoms with van der Waals surface area (Å²) in [5.41, 5.74) is 0.789. The number of rotatable bonds is 0. The van der Waals surface area contributed by atoms with Crippen molar-refractivity contribution >= 4 is 6.09 Å². The number of carbonyl (C=O) groups excluding carboxylic acids is 1. The number of hydrogen-bond acceptors (Lipinski definition) is 3. The second-order valence-corrected chi connectivity index (χ2v) is 5.29. The minimum Gasteiger partial charge on any atom is -0.444 e. The zero-order valence-electron chi connectivity index (χ0n) is 10.2. The molecule has 0 spiro atoms. The topological polar surface area (TPSA) is 38.8 Å². The van der Waals surface area contributed by atoms with Crippen LogP contribution in [0.15, 0.2) is 11.6 Å². The first-order valence-electron chi connectivity index (χ1n) is 5.74. The fourth-order valence-corrected chi connectivity index (χ4v) is 1.98. The molecule has 1 unspecified atom stereocenters. The van der Waals surface area contributed by atoms with Gasteiger partial charge in [0.1, 0.15) is 5.60 Å². The Labute approximate surface area is 96.2 Å². The molecule has 0 aromatic rings. The maximum Gasteiger partial charge on any atom is 0.410 e. The molecule has 2 aliphatic rings. The van der Waals surface area contributed by atoms with Crippen molar-refractivity contribution in [3.05, 3.63) is 11.6 Å². The number of ether oxygens (including phenoxy) is 2. The molecule has 2 heterocycles. The van der Waals surface area contributed by atoms with Crippen LogP contribution in [0.25, 0.3) is 0 Å². The summed E-state index contributed by atoms with van der Waals surface area (Å²) in [4.78, 5) is 13.5. The molecule has 0 radical (unpaired) electrons. The summed E-state index contributed by atoms with van der Waals surface area (Å²) in [6.45, 7) is 7.67. The number of likely N-dealkylation sites (tertiary alicyclic amines) is 1. The van der Waals surface area contributed by atoms with Gasteiger partial charge in [-0.05, 0) is 32.8 Å². The molecule has 1 fully saturated rings. The molecule has 0 aromatic carbocycles. The van der Waals surface area contributed by atoms with Crippen LogP contribution in [-0.2, 0) is 9.47 Å². The molecule has 1 atom stereocenters. The first kappa shape index (κ1) is 11.5. The van der Waals surface area contributed by atoms with Crippen molar-refractivity contribution in [3.63, 3.8) is 0 Å². The second kappa shape index (κ2) is 4.09. The van der Waals surface area contributed by atoms with Crippen LogP contribution >= 0.6 is 0 Å². The van der Waals surface area contributed by atoms with Crippen LogP contribution in [0.4, 0.5) is 4.79 Å². The average molecular weight is 225 g/mol. The van der Waals surface area contributed by atoms with E-state index in [1.54, 1.807) is 4.90 Å². The van der Waals surface area contributed by atoms with Crippen LogP contribution in [0.5, 0.6) is 0 Å². The van der Waals surface area contributed by atoms with Gasteiger partial charge in [-0.2, -0.15) is 0 Å². The van der Waals surface area contributed by atoms with E-state index in [0.717, 1.165) is 13.0 Å². The van der Waals surface area contributed by atoms with Gasteiger partial charge in [-0.25, -0.2) is 4.79 Å². The Morgan fingerprint density at radius 3 is 2.94 bits per heavy atom. The molecular formula is C12H19NO3. The van der Waals surface area contributed by atoms with E-state index in [2.05, 4.69) is 6.08 Å². The van der Waals surface area contributed by atoms with E-state index in [0.29, 0.717) is 13.1 Å². The van der Waals surface area contributed by atoms with Crippen LogP contribution in [-0.4, -0.2) is 42.4 Å². The minimum atomic E-state index is -0.430. The predicted molar refractivity (Wildman–Crippen MR) is 60.2 cm³/mol. The molecule has 1 amide bonds. The average Bonchev–Trinajstić information content (AvgIpc) is 2.58. The zero-order chi connectivity index (χ0) is 11.8. The first-order valence-corrected chi connectivity index (χ1v) is 5.74. The third kappa shape index (κ3) is 2.55. The largest absolute Gasteiger partial charge is 0.444 e. The SMILES string of the molecule is CC(C)(C)OC(=O)N1CC2=CCCOC2C1. The lowest BCUT2D eigenvalue weighted by Gasteiger charge is -2.24. The number of hydrogen-bond donors (Lipinski definition) is 0. The normalized spacial score (nSPS) is 25.1. The van der Waals surface area contributed by atoms with Gasteiger partial charge >= 0.3 is 6.09 Å². The summed E-state index contributed by atoms with van der Waals surface area (Å²) in [5.74, 6) is 0. The zero-order valence-corrected chi connectivity index (χ0v) is 10.2. The van der Waals surface area contributed by atoms with Crippen molar-refractivity contribution < 1.29 is 14.3 Å². The number of amides is 1. The van der Waals surface area contributed by atoms with Crippen molar-refractivity contribution in [2.75, 3.05) is 19.7 Å². The summed E-state index contributed by atoms with van der Waals surface area (Å²) in [6.07, 6.45) is 2.99. The molecule has 4 nitrogen and oxygen atoms in total. The highest BCUT2D eigenvalue weighted by atomic mass is 16.6. The lowest BCUT2D eigenvalue weighted by molar-refractivity contribution is 0.0218. The Morgan fingerprint density at radius 2 is 2.31 bits per heavy atom. The summed E-state index contributed by atoms with van der Waals surface area (Å²) in [5, 5.41) is 0. The van der Waals surface area contributed by atoms with Crippen molar-refractivity contribution in [2.24, 2.45) is 0 Å². The van der Waals surface area contributed by atoms with Crippen LogP contribution in [0.2, 0.25) is 0 Å². The van der Waals surface area contributed by atoms with Gasteiger partial charge in [0.05, 0.1) is 19.3 Å². The van der Waals surface area contributed by atoms with E-state index in [4.69, 9.17) is 9.47 Å². The quantitative estimate of drug-likeness (QED) is 0.591. The predicted octanol–water partition coefficient (Wildman–Crippen LogP) is 1.95. The fraction of sp³-hybridized carbons (Fsp3) is 0.750. The van der Waals surface area contributed by atoms with Gasteiger partial charge in [0.15, 0.2) is 0 Å². The maximum absolute atomic E-state index is 11.8. The molecule has 0 saturated carbocycles. The highest BCUT2D eigenvalue weighted by Crippen LogP contribution is 2.24. The van der Waals surface area contributed by atoms with E-state index in [1.807, 2.05) is 20.8 Å². The van der Waals surface area contributed by atoms with Gasteiger partial charge in [0, 0.05) is 6.54 Å². The molecule has 0 bridgehead atoms. The van der Waals surface area contributed by atoms with Gasteiger partial charge in [0.2, 0.25) is 0 Å². The van der Waals surface area contributed by atoms with Crippen LogP contribution in [0.3, 0.4) is 0 Å². The number of nitrogens with zero attached hydrogens (tertiary/aromatic N) is 1. The highest BCUT2D eigenvalue weighted by Gasteiger charge is 2.34. The Hall–Kier alpha value is -1.03. The smallest absolute Gasteiger partial charge is 0.410 e. The molecule has 4 heteroatoms. The number of fused-ring (bicyclic) bond motifs is 1. The van der Waals surface area contributed by atoms with Crippen LogP contribution < -0.4 is 0 Å².